The highest BCUT2D eigenvalue weighted by Crippen LogP contribution is 2.20. The summed E-state index contributed by atoms with van der Waals surface area (Å²) in [4.78, 5) is 19.0. The molecule has 6 heteroatoms. The summed E-state index contributed by atoms with van der Waals surface area (Å²) in [7, 11) is 0. The average Bonchev–Trinajstić information content (AvgIpc) is 2.86. The lowest BCUT2D eigenvalue weighted by Gasteiger charge is -2.11. The Labute approximate surface area is 118 Å². The number of nitrogens with one attached hydrogen (secondary N) is 2. The van der Waals surface area contributed by atoms with Crippen molar-refractivity contribution in [3.05, 3.63) is 45.6 Å². The van der Waals surface area contributed by atoms with Gasteiger partial charge in [0.2, 0.25) is 0 Å². The first kappa shape index (κ1) is 12.9. The number of carbonyl (C=O) groups excluding carboxylic acids is 1. The number of H-pyrrole nitrogens is 1. The van der Waals surface area contributed by atoms with Crippen molar-refractivity contribution < 1.29 is 9.90 Å². The minimum Gasteiger partial charge on any atom is -0.507 e. The monoisotopic (exact) mass is 357 g/mol. The molecule has 1 unspecified atom stereocenters. The largest absolute Gasteiger partial charge is 0.507 e. The second-order valence-corrected chi connectivity index (χ2v) is 5.00. The molecule has 0 radical (unpaired) electrons. The molecule has 2 rings (SSSR count). The molecule has 0 saturated heterocycles. The third-order valence-electron chi connectivity index (χ3n) is 2.49. The first-order valence-electron chi connectivity index (χ1n) is 5.36. The van der Waals surface area contributed by atoms with E-state index in [4.69, 9.17) is 0 Å². The van der Waals surface area contributed by atoms with Gasteiger partial charge in [-0.2, -0.15) is 0 Å². The maximum absolute atomic E-state index is 11.9. The number of phenols is 1. The lowest BCUT2D eigenvalue weighted by molar-refractivity contribution is 0.0938. The topological polar surface area (TPSA) is 78.0 Å². The maximum atomic E-state index is 11.9. The zero-order valence-electron chi connectivity index (χ0n) is 9.64. The summed E-state index contributed by atoms with van der Waals surface area (Å²) in [6, 6.07) is 4.61. The standard InChI is InChI=1S/C12H12IN3O2/c1-7(11-14-4-5-15-11)16-12(18)8-2-3-9(13)10(17)6-8/h2-7,17H,1H3,(H,14,15)(H,16,18). The van der Waals surface area contributed by atoms with Crippen LogP contribution in [0.1, 0.15) is 29.1 Å². The second kappa shape index (κ2) is 5.38. The van der Waals surface area contributed by atoms with Gasteiger partial charge in [-0.3, -0.25) is 4.79 Å². The van der Waals surface area contributed by atoms with Crippen molar-refractivity contribution in [2.45, 2.75) is 13.0 Å². The SMILES string of the molecule is CC(NC(=O)c1ccc(I)c(O)c1)c1ncc[nH]1. The van der Waals surface area contributed by atoms with Crippen LogP contribution in [0.2, 0.25) is 0 Å². The molecule has 1 aromatic heterocycles. The van der Waals surface area contributed by atoms with Gasteiger partial charge in [-0.25, -0.2) is 4.98 Å². The molecule has 1 aromatic carbocycles. The van der Waals surface area contributed by atoms with Crippen LogP contribution in [0.25, 0.3) is 0 Å². The predicted molar refractivity (Wildman–Crippen MR) is 75.3 cm³/mol. The number of imidazole rings is 1. The molecule has 1 heterocycles. The number of hydrogen-bond acceptors (Lipinski definition) is 3. The summed E-state index contributed by atoms with van der Waals surface area (Å²) >= 11 is 2.00. The Kier molecular flexibility index (Phi) is 3.85. The van der Waals surface area contributed by atoms with E-state index in [-0.39, 0.29) is 17.7 Å². The fourth-order valence-electron chi connectivity index (χ4n) is 1.52. The van der Waals surface area contributed by atoms with Crippen LogP contribution in [0, 0.1) is 3.57 Å². The van der Waals surface area contributed by atoms with Crippen molar-refractivity contribution in [3.63, 3.8) is 0 Å². The first-order chi connectivity index (χ1) is 8.58. The maximum Gasteiger partial charge on any atom is 0.251 e. The van der Waals surface area contributed by atoms with Gasteiger partial charge in [-0.15, -0.1) is 0 Å². The lowest BCUT2D eigenvalue weighted by Crippen LogP contribution is -2.27. The van der Waals surface area contributed by atoms with Crippen LogP contribution in [0.15, 0.2) is 30.6 Å². The second-order valence-electron chi connectivity index (χ2n) is 3.84. The van der Waals surface area contributed by atoms with E-state index in [1.165, 1.54) is 6.07 Å². The van der Waals surface area contributed by atoms with Crippen molar-refractivity contribution in [1.82, 2.24) is 15.3 Å². The van der Waals surface area contributed by atoms with Crippen molar-refractivity contribution >= 4 is 28.5 Å². The van der Waals surface area contributed by atoms with Crippen molar-refractivity contribution in [2.75, 3.05) is 0 Å². The molecule has 2 aromatic rings. The van der Waals surface area contributed by atoms with E-state index in [1.807, 2.05) is 29.5 Å². The Morgan fingerprint density at radius 3 is 2.94 bits per heavy atom. The number of nitrogens with zero attached hydrogens (tertiary/aromatic N) is 1. The van der Waals surface area contributed by atoms with Crippen molar-refractivity contribution in [3.8, 4) is 5.75 Å². The van der Waals surface area contributed by atoms with Gasteiger partial charge in [0.1, 0.15) is 11.6 Å². The Hall–Kier alpha value is -1.57. The molecule has 0 bridgehead atoms. The Morgan fingerprint density at radius 1 is 1.56 bits per heavy atom. The van der Waals surface area contributed by atoms with Gasteiger partial charge in [-0.05, 0) is 47.7 Å². The molecule has 0 saturated carbocycles. The van der Waals surface area contributed by atoms with Gasteiger partial charge in [0.25, 0.3) is 5.91 Å². The van der Waals surface area contributed by atoms with Crippen LogP contribution in [-0.2, 0) is 0 Å². The van der Waals surface area contributed by atoms with Crippen LogP contribution in [0.5, 0.6) is 5.75 Å². The molecule has 0 aliphatic carbocycles. The highest BCUT2D eigenvalue weighted by atomic mass is 127. The Balaban J connectivity index is 2.10. The fourth-order valence-corrected chi connectivity index (χ4v) is 1.85. The Bertz CT molecular complexity index is 554. The van der Waals surface area contributed by atoms with Gasteiger partial charge in [0, 0.05) is 18.0 Å². The number of aromatic nitrogens is 2. The molecule has 1 atom stereocenters. The van der Waals surface area contributed by atoms with Crippen LogP contribution in [-0.4, -0.2) is 21.0 Å². The molecular weight excluding hydrogens is 345 g/mol. The van der Waals surface area contributed by atoms with Gasteiger partial charge in [0.05, 0.1) is 9.61 Å². The number of benzene rings is 1. The molecule has 0 fully saturated rings. The molecular formula is C12H12IN3O2. The number of amides is 1. The Morgan fingerprint density at radius 2 is 2.33 bits per heavy atom. The van der Waals surface area contributed by atoms with E-state index < -0.39 is 0 Å². The number of aromatic hydroxyl groups is 1. The minimum absolute atomic E-state index is 0.105. The van der Waals surface area contributed by atoms with Gasteiger partial charge in [-0.1, -0.05) is 0 Å². The van der Waals surface area contributed by atoms with E-state index in [2.05, 4.69) is 15.3 Å². The van der Waals surface area contributed by atoms with E-state index >= 15 is 0 Å². The summed E-state index contributed by atoms with van der Waals surface area (Å²) < 4.78 is 0.711. The summed E-state index contributed by atoms with van der Waals surface area (Å²) in [5.74, 6) is 0.553. The van der Waals surface area contributed by atoms with Gasteiger partial charge in [0.15, 0.2) is 0 Å². The smallest absolute Gasteiger partial charge is 0.251 e. The van der Waals surface area contributed by atoms with Crippen LogP contribution >= 0.6 is 22.6 Å². The zero-order chi connectivity index (χ0) is 13.1. The molecule has 5 nitrogen and oxygen atoms in total. The van der Waals surface area contributed by atoms with Crippen LogP contribution in [0.4, 0.5) is 0 Å². The summed E-state index contributed by atoms with van der Waals surface area (Å²) in [5.41, 5.74) is 0.423. The molecule has 0 spiro atoms. The third kappa shape index (κ3) is 2.81. The number of halogens is 1. The van der Waals surface area contributed by atoms with Gasteiger partial charge >= 0.3 is 0 Å². The number of phenolic OH excluding ortho intramolecular Hbond substituents is 1. The van der Waals surface area contributed by atoms with Crippen molar-refractivity contribution in [1.29, 1.82) is 0 Å². The molecule has 0 aliphatic rings. The number of rotatable bonds is 3. The molecule has 0 aliphatic heterocycles. The van der Waals surface area contributed by atoms with E-state index in [0.717, 1.165) is 0 Å². The summed E-state index contributed by atoms with van der Waals surface area (Å²) in [6.45, 7) is 1.84. The third-order valence-corrected chi connectivity index (χ3v) is 3.40. The lowest BCUT2D eigenvalue weighted by atomic mass is 10.2. The predicted octanol–water partition coefficient (Wildman–Crippen LogP) is 2.21. The average molecular weight is 357 g/mol. The van der Waals surface area contributed by atoms with Gasteiger partial charge < -0.3 is 15.4 Å². The van der Waals surface area contributed by atoms with Crippen molar-refractivity contribution in [2.24, 2.45) is 0 Å². The molecule has 1 amide bonds. The summed E-state index contributed by atoms with van der Waals surface area (Å²) in [5, 5.41) is 12.4. The zero-order valence-corrected chi connectivity index (χ0v) is 11.8. The first-order valence-corrected chi connectivity index (χ1v) is 6.44. The molecule has 94 valence electrons. The van der Waals surface area contributed by atoms with E-state index in [1.54, 1.807) is 24.5 Å². The number of aromatic amines is 1. The highest BCUT2D eigenvalue weighted by molar-refractivity contribution is 14.1. The molecule has 18 heavy (non-hydrogen) atoms. The van der Waals surface area contributed by atoms with E-state index in [0.29, 0.717) is 15.0 Å². The highest BCUT2D eigenvalue weighted by Gasteiger charge is 2.13. The number of hydrogen-bond donors (Lipinski definition) is 3. The normalized spacial score (nSPS) is 12.1. The number of carbonyl (C=O) groups is 1. The fraction of sp³-hybridized carbons (Fsp3) is 0.167. The minimum atomic E-state index is -0.245. The summed E-state index contributed by atoms with van der Waals surface area (Å²) in [6.07, 6.45) is 3.34. The van der Waals surface area contributed by atoms with Crippen LogP contribution < -0.4 is 5.32 Å². The van der Waals surface area contributed by atoms with Crippen LogP contribution in [0.3, 0.4) is 0 Å². The van der Waals surface area contributed by atoms with E-state index in [9.17, 15) is 9.90 Å². The molecule has 3 N–H and O–H groups in total. The quantitative estimate of drug-likeness (QED) is 0.737.